The molecular weight excluding hydrogens is 462 g/mol. The molecule has 0 aliphatic rings. The van der Waals surface area contributed by atoms with Gasteiger partial charge >= 0.3 is 0 Å². The minimum Gasteiger partial charge on any atom is -0.322 e. The molecule has 1 unspecified atom stereocenters. The van der Waals surface area contributed by atoms with Gasteiger partial charge in [-0.15, -0.1) is 0 Å². The monoisotopic (exact) mass is 487 g/mol. The van der Waals surface area contributed by atoms with Crippen LogP contribution in [0.15, 0.2) is 88.7 Å². The Morgan fingerprint density at radius 1 is 0.788 bits per heavy atom. The zero-order chi connectivity index (χ0) is 24.1. The second-order valence-electron chi connectivity index (χ2n) is 7.41. The number of carbonyl (C=O) groups is 1. The number of amides is 1. The highest BCUT2D eigenvalue weighted by atomic mass is 32.2. The lowest BCUT2D eigenvalue weighted by Gasteiger charge is -2.13. The summed E-state index contributed by atoms with van der Waals surface area (Å²) in [7, 11) is -7.53. The van der Waals surface area contributed by atoms with Crippen LogP contribution in [0.1, 0.15) is 30.6 Å². The van der Waals surface area contributed by atoms with Gasteiger partial charge in [-0.05, 0) is 67.9 Å². The summed E-state index contributed by atoms with van der Waals surface area (Å²) in [5.41, 5.74) is 0.921. The first kappa shape index (κ1) is 24.4. The van der Waals surface area contributed by atoms with E-state index in [4.69, 9.17) is 0 Å². The first-order valence-electron chi connectivity index (χ1n) is 10.2. The smallest absolute Gasteiger partial charge is 0.261 e. The van der Waals surface area contributed by atoms with Crippen molar-refractivity contribution in [2.75, 3.05) is 10.0 Å². The normalized spacial score (nSPS) is 12.7. The van der Waals surface area contributed by atoms with E-state index in [-0.39, 0.29) is 21.4 Å². The van der Waals surface area contributed by atoms with Crippen LogP contribution in [0.2, 0.25) is 0 Å². The third kappa shape index (κ3) is 6.41. The van der Waals surface area contributed by atoms with Crippen LogP contribution in [-0.2, 0) is 20.0 Å². The van der Waals surface area contributed by atoms with E-state index in [0.29, 0.717) is 17.8 Å². The van der Waals surface area contributed by atoms with Gasteiger partial charge in [0.05, 0.1) is 9.79 Å². The van der Waals surface area contributed by atoms with Gasteiger partial charge < -0.3 is 5.32 Å². The number of anilines is 2. The Labute approximate surface area is 194 Å². The number of sulfonamides is 2. The second-order valence-corrected chi connectivity index (χ2v) is 10.8. The Balaban J connectivity index is 1.73. The van der Waals surface area contributed by atoms with Gasteiger partial charge in [-0.1, -0.05) is 31.2 Å². The van der Waals surface area contributed by atoms with Gasteiger partial charge in [0.1, 0.15) is 0 Å². The van der Waals surface area contributed by atoms with Crippen LogP contribution in [-0.4, -0.2) is 28.8 Å². The molecule has 1 amide bonds. The van der Waals surface area contributed by atoms with E-state index in [1.807, 2.05) is 6.92 Å². The van der Waals surface area contributed by atoms with Crippen molar-refractivity contribution in [3.05, 3.63) is 84.4 Å². The molecule has 3 N–H and O–H groups in total. The maximum atomic E-state index is 12.7. The Hall–Kier alpha value is -3.21. The summed E-state index contributed by atoms with van der Waals surface area (Å²) in [5, 5.41) is 2.65. The zero-order valence-electron chi connectivity index (χ0n) is 18.1. The van der Waals surface area contributed by atoms with Crippen LogP contribution in [0.25, 0.3) is 0 Å². The van der Waals surface area contributed by atoms with E-state index in [1.165, 1.54) is 48.5 Å². The van der Waals surface area contributed by atoms with Crippen molar-refractivity contribution < 1.29 is 21.6 Å². The highest BCUT2D eigenvalue weighted by molar-refractivity contribution is 7.92. The highest BCUT2D eigenvalue weighted by Gasteiger charge is 2.18. The van der Waals surface area contributed by atoms with Crippen molar-refractivity contribution in [2.45, 2.75) is 36.1 Å². The molecule has 174 valence electrons. The SMILES string of the molecule is CCC(C)NS(=O)(=O)c1ccc(NC(=O)c2cccc(S(=O)(=O)Nc3ccccc3)c2)cc1. The summed E-state index contributed by atoms with van der Waals surface area (Å²) >= 11 is 0. The molecule has 0 aliphatic carbocycles. The minimum absolute atomic E-state index is 0.0587. The van der Waals surface area contributed by atoms with Crippen molar-refractivity contribution in [3.63, 3.8) is 0 Å². The lowest BCUT2D eigenvalue weighted by atomic mass is 10.2. The van der Waals surface area contributed by atoms with Crippen molar-refractivity contribution in [1.29, 1.82) is 0 Å². The van der Waals surface area contributed by atoms with Crippen LogP contribution in [0.3, 0.4) is 0 Å². The molecule has 0 heterocycles. The molecule has 0 radical (unpaired) electrons. The van der Waals surface area contributed by atoms with E-state index < -0.39 is 26.0 Å². The summed E-state index contributed by atoms with van der Waals surface area (Å²) in [6.07, 6.45) is 0.656. The van der Waals surface area contributed by atoms with Gasteiger partial charge in [0.2, 0.25) is 10.0 Å². The fourth-order valence-corrected chi connectivity index (χ4v) is 5.29. The summed E-state index contributed by atoms with van der Waals surface area (Å²) < 4.78 is 55.1. The number of carbonyl (C=O) groups excluding carboxylic acids is 1. The first-order valence-corrected chi connectivity index (χ1v) is 13.2. The fourth-order valence-electron chi connectivity index (χ4n) is 2.86. The number of para-hydroxylation sites is 1. The molecule has 0 aliphatic heterocycles. The standard InChI is InChI=1S/C23H25N3O5S2/c1-3-17(2)25-32(28,29)21-14-12-19(13-15-21)24-23(27)18-8-7-11-22(16-18)33(30,31)26-20-9-5-4-6-10-20/h4-17,25-26H,3H2,1-2H3,(H,24,27). The predicted molar refractivity (Wildman–Crippen MR) is 128 cm³/mol. The number of hydrogen-bond donors (Lipinski definition) is 3. The average molecular weight is 488 g/mol. The summed E-state index contributed by atoms with van der Waals surface area (Å²) in [6.45, 7) is 3.65. The van der Waals surface area contributed by atoms with Crippen LogP contribution in [0, 0.1) is 0 Å². The predicted octanol–water partition coefficient (Wildman–Crippen LogP) is 3.82. The van der Waals surface area contributed by atoms with E-state index in [9.17, 15) is 21.6 Å². The number of hydrogen-bond acceptors (Lipinski definition) is 5. The van der Waals surface area contributed by atoms with E-state index >= 15 is 0 Å². The Morgan fingerprint density at radius 2 is 1.45 bits per heavy atom. The Morgan fingerprint density at radius 3 is 2.09 bits per heavy atom. The van der Waals surface area contributed by atoms with Crippen LogP contribution < -0.4 is 14.8 Å². The maximum Gasteiger partial charge on any atom is 0.261 e. The summed E-state index contributed by atoms with van der Waals surface area (Å²) in [5.74, 6) is -0.528. The van der Waals surface area contributed by atoms with Crippen molar-refractivity contribution in [1.82, 2.24) is 4.72 Å². The van der Waals surface area contributed by atoms with E-state index in [1.54, 1.807) is 37.3 Å². The van der Waals surface area contributed by atoms with Gasteiger partial charge in [-0.3, -0.25) is 9.52 Å². The van der Waals surface area contributed by atoms with E-state index in [0.717, 1.165) is 0 Å². The molecule has 33 heavy (non-hydrogen) atoms. The fraction of sp³-hybridized carbons (Fsp3) is 0.174. The minimum atomic E-state index is -3.88. The summed E-state index contributed by atoms with van der Waals surface area (Å²) in [6, 6.07) is 19.6. The molecule has 10 heteroatoms. The molecule has 0 saturated carbocycles. The second kappa shape index (κ2) is 10.2. The number of rotatable bonds is 9. The van der Waals surface area contributed by atoms with Crippen LogP contribution in [0.4, 0.5) is 11.4 Å². The maximum absolute atomic E-state index is 12.7. The average Bonchev–Trinajstić information content (AvgIpc) is 2.79. The molecule has 0 bridgehead atoms. The molecule has 0 fully saturated rings. The van der Waals surface area contributed by atoms with Gasteiger partial charge in [-0.2, -0.15) is 0 Å². The molecular formula is C23H25N3O5S2. The van der Waals surface area contributed by atoms with Crippen molar-refractivity contribution in [3.8, 4) is 0 Å². The topological polar surface area (TPSA) is 121 Å². The van der Waals surface area contributed by atoms with Crippen LogP contribution in [0.5, 0.6) is 0 Å². The van der Waals surface area contributed by atoms with Gasteiger partial charge in [0, 0.05) is 23.0 Å². The van der Waals surface area contributed by atoms with E-state index in [2.05, 4.69) is 14.8 Å². The summed E-state index contributed by atoms with van der Waals surface area (Å²) in [4.78, 5) is 12.7. The molecule has 3 rings (SSSR count). The lowest BCUT2D eigenvalue weighted by molar-refractivity contribution is 0.102. The van der Waals surface area contributed by atoms with Gasteiger partial charge in [-0.25, -0.2) is 21.6 Å². The Bertz CT molecular complexity index is 1320. The number of nitrogens with one attached hydrogen (secondary N) is 3. The zero-order valence-corrected chi connectivity index (χ0v) is 19.8. The molecule has 0 aromatic heterocycles. The van der Waals surface area contributed by atoms with Gasteiger partial charge in [0.15, 0.2) is 0 Å². The van der Waals surface area contributed by atoms with Gasteiger partial charge in [0.25, 0.3) is 15.9 Å². The third-order valence-corrected chi connectivity index (χ3v) is 7.81. The van der Waals surface area contributed by atoms with Crippen molar-refractivity contribution >= 4 is 37.3 Å². The Kier molecular flexibility index (Phi) is 7.52. The molecule has 0 spiro atoms. The molecule has 8 nitrogen and oxygen atoms in total. The largest absolute Gasteiger partial charge is 0.322 e. The van der Waals surface area contributed by atoms with Crippen molar-refractivity contribution in [2.24, 2.45) is 0 Å². The quantitative estimate of drug-likeness (QED) is 0.424. The molecule has 3 aromatic carbocycles. The van der Waals surface area contributed by atoms with Crippen LogP contribution >= 0.6 is 0 Å². The third-order valence-electron chi connectivity index (χ3n) is 4.82. The number of benzene rings is 3. The molecule has 3 aromatic rings. The lowest BCUT2D eigenvalue weighted by Crippen LogP contribution is -2.31. The molecule has 1 atom stereocenters. The highest BCUT2D eigenvalue weighted by Crippen LogP contribution is 2.19. The first-order chi connectivity index (χ1) is 15.6. The molecule has 0 saturated heterocycles.